The molecule has 0 saturated heterocycles. The molecule has 0 aromatic heterocycles. The van der Waals surface area contributed by atoms with Crippen molar-refractivity contribution in [2.45, 2.75) is 84.6 Å². The Morgan fingerprint density at radius 1 is 0.833 bits per heavy atom. The third kappa shape index (κ3) is 6.41. The topological polar surface area (TPSA) is 60.5 Å². The van der Waals surface area contributed by atoms with Crippen molar-refractivity contribution in [3.8, 4) is 22.5 Å². The molecular weight excluding hydrogens is 592 g/mol. The number of amides is 1. The van der Waals surface area contributed by atoms with E-state index in [1.54, 1.807) is 0 Å². The van der Waals surface area contributed by atoms with Gasteiger partial charge in [0.15, 0.2) is 0 Å². The minimum atomic E-state index is -0.0127. The van der Waals surface area contributed by atoms with E-state index in [0.717, 1.165) is 108 Å². The quantitative estimate of drug-likeness (QED) is 0.0879. The van der Waals surface area contributed by atoms with Gasteiger partial charge in [-0.3, -0.25) is 4.79 Å². The summed E-state index contributed by atoms with van der Waals surface area (Å²) in [5.74, 6) is 3.71. The third-order valence-corrected chi connectivity index (χ3v) is 11.8. The Hall–Kier alpha value is -3.64. The fourth-order valence-corrected chi connectivity index (χ4v) is 9.86. The molecule has 2 aromatic carbocycles. The number of anilines is 1. The highest BCUT2D eigenvalue weighted by atomic mass is 16.3. The fourth-order valence-electron chi connectivity index (χ4n) is 9.86. The van der Waals surface area contributed by atoms with Crippen molar-refractivity contribution in [1.29, 1.82) is 0 Å². The molecule has 5 aliphatic carbocycles. The Morgan fingerprint density at radius 2 is 1.52 bits per heavy atom. The van der Waals surface area contributed by atoms with E-state index in [4.69, 9.17) is 4.42 Å². The normalized spacial score (nSPS) is 22.8. The van der Waals surface area contributed by atoms with E-state index in [9.17, 15) is 4.79 Å². The first-order chi connectivity index (χ1) is 23.4. The second kappa shape index (κ2) is 14.1. The molecule has 8 rings (SSSR count). The highest BCUT2D eigenvalue weighted by molar-refractivity contribution is 6.09. The van der Waals surface area contributed by atoms with E-state index in [-0.39, 0.29) is 5.91 Å². The fraction of sp³-hybridized carbons (Fsp3) is 0.524. The number of hydrogen-bond acceptors (Lipinski definition) is 4. The van der Waals surface area contributed by atoms with Crippen LogP contribution in [0.15, 0.2) is 65.1 Å². The van der Waals surface area contributed by atoms with Crippen molar-refractivity contribution in [2.24, 2.45) is 17.8 Å². The number of fused-ring (bicyclic) bond motifs is 2. The number of benzene rings is 3. The number of carbonyl (C=O) groups is 1. The summed E-state index contributed by atoms with van der Waals surface area (Å²) < 4.78 is 9.03. The average Bonchev–Trinajstić information content (AvgIpc) is 3.09. The lowest BCUT2D eigenvalue weighted by Gasteiger charge is -2.57. The van der Waals surface area contributed by atoms with Crippen LogP contribution in [0.25, 0.3) is 33.4 Å². The Bertz CT molecular complexity index is 1760. The van der Waals surface area contributed by atoms with Crippen LogP contribution < -0.4 is 25.5 Å². The zero-order valence-corrected chi connectivity index (χ0v) is 29.6. The zero-order chi connectivity index (χ0) is 33.3. The predicted octanol–water partition coefficient (Wildman–Crippen LogP) is 7.93. The van der Waals surface area contributed by atoms with Crippen LogP contribution in [0, 0.1) is 17.8 Å². The molecule has 2 aromatic rings. The highest BCUT2D eigenvalue weighted by Crippen LogP contribution is 2.55. The van der Waals surface area contributed by atoms with E-state index >= 15 is 0 Å². The second-order valence-corrected chi connectivity index (χ2v) is 14.8. The molecule has 6 nitrogen and oxygen atoms in total. The molecule has 6 aliphatic rings. The van der Waals surface area contributed by atoms with Crippen molar-refractivity contribution < 1.29 is 9.21 Å². The summed E-state index contributed by atoms with van der Waals surface area (Å²) in [6.07, 6.45) is 10.7. The Morgan fingerprint density at radius 3 is 2.21 bits per heavy atom. The molecule has 0 radical (unpaired) electrons. The number of carbonyl (C=O) groups excluding carboxylic acids is 1. The first kappa shape index (κ1) is 32.9. The van der Waals surface area contributed by atoms with Gasteiger partial charge in [0.05, 0.1) is 6.07 Å². The predicted molar refractivity (Wildman–Crippen MR) is 199 cm³/mol. The van der Waals surface area contributed by atoms with Gasteiger partial charge in [0.1, 0.15) is 24.4 Å². The molecule has 1 aliphatic heterocycles. The van der Waals surface area contributed by atoms with E-state index in [2.05, 4.69) is 90.3 Å². The van der Waals surface area contributed by atoms with Crippen LogP contribution >= 0.6 is 0 Å². The molecule has 4 bridgehead atoms. The van der Waals surface area contributed by atoms with Gasteiger partial charge >= 0.3 is 0 Å². The Labute approximate surface area is 287 Å². The third-order valence-electron chi connectivity index (χ3n) is 11.8. The van der Waals surface area contributed by atoms with Crippen molar-refractivity contribution in [3.63, 3.8) is 0 Å². The van der Waals surface area contributed by atoms with Gasteiger partial charge in [-0.2, -0.15) is 0 Å². The molecule has 48 heavy (non-hydrogen) atoms. The van der Waals surface area contributed by atoms with Crippen molar-refractivity contribution in [2.75, 3.05) is 44.2 Å². The highest BCUT2D eigenvalue weighted by Gasteiger charge is 2.50. The number of nitrogens with one attached hydrogen (secondary N) is 2. The minimum Gasteiger partial charge on any atom is -0.456 e. The van der Waals surface area contributed by atoms with Gasteiger partial charge < -0.3 is 20.0 Å². The smallest absolute Gasteiger partial charge is 0.251 e. The van der Waals surface area contributed by atoms with Gasteiger partial charge in [0.2, 0.25) is 5.36 Å². The van der Waals surface area contributed by atoms with Gasteiger partial charge in [-0.05, 0) is 133 Å². The van der Waals surface area contributed by atoms with E-state index in [1.165, 1.54) is 38.5 Å². The van der Waals surface area contributed by atoms with Gasteiger partial charge in [0, 0.05) is 65.1 Å². The summed E-state index contributed by atoms with van der Waals surface area (Å²) in [6.45, 7) is 14.2. The molecule has 1 heterocycles. The summed E-state index contributed by atoms with van der Waals surface area (Å²) in [6, 6.07) is 21.1. The first-order valence-electron chi connectivity index (χ1n) is 18.9. The van der Waals surface area contributed by atoms with Crippen molar-refractivity contribution in [3.05, 3.63) is 71.6 Å². The Kier molecular flexibility index (Phi) is 9.64. The van der Waals surface area contributed by atoms with Gasteiger partial charge in [-0.1, -0.05) is 18.2 Å². The largest absolute Gasteiger partial charge is 0.456 e. The van der Waals surface area contributed by atoms with E-state index < -0.39 is 0 Å². The molecule has 6 heteroatoms. The van der Waals surface area contributed by atoms with E-state index in [1.807, 2.05) is 18.2 Å². The number of hydrogen-bond donors (Lipinski definition) is 2. The maximum atomic E-state index is 13.9. The number of unbranched alkanes of at least 4 members (excludes halogenated alkanes) is 1. The van der Waals surface area contributed by atoms with E-state index in [0.29, 0.717) is 17.6 Å². The molecule has 0 spiro atoms. The summed E-state index contributed by atoms with van der Waals surface area (Å²) in [4.78, 5) is 16.2. The Balaban J connectivity index is 1.13. The number of rotatable bonds is 13. The monoisotopic (exact) mass is 647 g/mol. The summed E-state index contributed by atoms with van der Waals surface area (Å²) >= 11 is 0. The summed E-state index contributed by atoms with van der Waals surface area (Å²) in [7, 11) is 0. The van der Waals surface area contributed by atoms with Gasteiger partial charge in [-0.15, -0.1) is 0 Å². The second-order valence-electron chi connectivity index (χ2n) is 14.8. The van der Waals surface area contributed by atoms with Crippen LogP contribution in [0.5, 0.6) is 0 Å². The molecular formula is C42H55N4O2+. The standard InChI is InChI=1S/C42H54N4O2/c1-5-45(6-2)32-15-17-36-38(24-32)48-39-25-33(46(7-3)8-4)16-18-37(39)40(36)34-13-9-10-14-35(34)41(47)43-19-11-12-20-44-42-26-29-21-30(27-42)23-31(22-29)28-42/h9-10,13-18,24-25,29-31,44H,5-8,11-12,19-23,26-28H2,1-4H3/p+1. The molecule has 0 atom stereocenters. The van der Waals surface area contributed by atoms with Gasteiger partial charge in [-0.25, -0.2) is 4.58 Å². The lowest BCUT2D eigenvalue weighted by molar-refractivity contribution is -0.0196. The summed E-state index contributed by atoms with van der Waals surface area (Å²) in [5.41, 5.74) is 6.10. The van der Waals surface area contributed by atoms with Crippen LogP contribution in [-0.4, -0.2) is 50.7 Å². The molecule has 2 N–H and O–H groups in total. The lowest BCUT2D eigenvalue weighted by Crippen LogP contribution is -2.58. The molecule has 254 valence electrons. The molecule has 0 unspecified atom stereocenters. The first-order valence-corrected chi connectivity index (χ1v) is 18.9. The lowest BCUT2D eigenvalue weighted by atomic mass is 9.53. The van der Waals surface area contributed by atoms with Gasteiger partial charge in [0.25, 0.3) is 5.91 Å². The van der Waals surface area contributed by atoms with Crippen LogP contribution in [0.2, 0.25) is 0 Å². The minimum absolute atomic E-state index is 0.0127. The zero-order valence-electron chi connectivity index (χ0n) is 29.6. The van der Waals surface area contributed by atoms with Crippen LogP contribution in [0.1, 0.15) is 89.4 Å². The molecule has 4 saturated carbocycles. The van der Waals surface area contributed by atoms with Crippen LogP contribution in [-0.2, 0) is 0 Å². The molecule has 1 amide bonds. The van der Waals surface area contributed by atoms with Crippen molar-refractivity contribution >= 4 is 22.6 Å². The van der Waals surface area contributed by atoms with Crippen LogP contribution in [0.3, 0.4) is 0 Å². The summed E-state index contributed by atoms with van der Waals surface area (Å²) in [5, 5.41) is 9.46. The maximum absolute atomic E-state index is 13.9. The van der Waals surface area contributed by atoms with Crippen LogP contribution in [0.4, 0.5) is 5.69 Å². The number of nitrogens with zero attached hydrogens (tertiary/aromatic N) is 2. The van der Waals surface area contributed by atoms with Crippen molar-refractivity contribution in [1.82, 2.24) is 15.2 Å². The SMILES string of the molecule is CCN(CC)c1ccc2c(-c3ccccc3C(=O)NCCCCNC34CC5CC(CC(C5)C3)C4)c3ccc(=[N+](CC)CC)cc-3oc2c1. The average molecular weight is 648 g/mol. The maximum Gasteiger partial charge on any atom is 0.251 e. The molecule has 4 fully saturated rings.